The SMILES string of the molecule is CC(Sc1nn[nH]n1)C1(C(=O)O)CS[C@@H]2C(N=CN3CCC(CCCN)CC3)C(=O)N2C1. The van der Waals surface area contributed by atoms with E-state index in [1.165, 1.54) is 29.9 Å². The van der Waals surface area contributed by atoms with Crippen LogP contribution in [0.25, 0.3) is 0 Å². The number of carbonyl (C=O) groups excluding carboxylic acids is 1. The Hall–Kier alpha value is -1.86. The lowest BCUT2D eigenvalue weighted by atomic mass is 9.84. The molecule has 11 nitrogen and oxygen atoms in total. The number of aliphatic carboxylic acids is 1. The zero-order valence-electron chi connectivity index (χ0n) is 18.1. The number of fused-ring (bicyclic) bond motifs is 1. The maximum absolute atomic E-state index is 12.8. The number of carboxylic acids is 1. The first-order valence-electron chi connectivity index (χ1n) is 11.0. The van der Waals surface area contributed by atoms with Gasteiger partial charge in [-0.25, -0.2) is 0 Å². The van der Waals surface area contributed by atoms with Gasteiger partial charge in [0.25, 0.3) is 5.91 Å². The Morgan fingerprint density at radius 2 is 2.28 bits per heavy atom. The Morgan fingerprint density at radius 1 is 1.50 bits per heavy atom. The molecule has 0 spiro atoms. The fourth-order valence-corrected chi connectivity index (χ4v) is 7.28. The van der Waals surface area contributed by atoms with Crippen molar-refractivity contribution in [3.63, 3.8) is 0 Å². The number of aromatic amines is 1. The summed E-state index contributed by atoms with van der Waals surface area (Å²) in [5, 5.41) is 23.7. The molecule has 1 aromatic heterocycles. The molecular weight excluding hydrogens is 452 g/mol. The summed E-state index contributed by atoms with van der Waals surface area (Å²) in [6.07, 6.45) is 6.35. The van der Waals surface area contributed by atoms with Gasteiger partial charge >= 0.3 is 5.97 Å². The zero-order chi connectivity index (χ0) is 22.7. The number of rotatable bonds is 9. The predicted molar refractivity (Wildman–Crippen MR) is 122 cm³/mol. The van der Waals surface area contributed by atoms with Crippen LogP contribution < -0.4 is 5.73 Å². The van der Waals surface area contributed by atoms with Gasteiger partial charge in [0, 0.05) is 30.6 Å². The second-order valence-electron chi connectivity index (χ2n) is 8.70. The summed E-state index contributed by atoms with van der Waals surface area (Å²) in [5.41, 5.74) is 4.53. The Balaban J connectivity index is 1.33. The number of nitrogens with two attached hydrogens (primary N) is 1. The second kappa shape index (κ2) is 9.96. The van der Waals surface area contributed by atoms with Crippen LogP contribution in [0.2, 0.25) is 0 Å². The van der Waals surface area contributed by atoms with Gasteiger partial charge in [-0.15, -0.1) is 22.0 Å². The maximum Gasteiger partial charge on any atom is 0.313 e. The van der Waals surface area contributed by atoms with Crippen molar-refractivity contribution in [1.29, 1.82) is 0 Å². The van der Waals surface area contributed by atoms with Crippen LogP contribution in [-0.4, -0.2) is 102 Å². The number of nitrogens with zero attached hydrogens (tertiary/aromatic N) is 6. The molecule has 32 heavy (non-hydrogen) atoms. The number of β-lactam (4-membered cyclic amide) rings is 1. The van der Waals surface area contributed by atoms with Crippen molar-refractivity contribution in [3.8, 4) is 0 Å². The lowest BCUT2D eigenvalue weighted by Crippen LogP contribution is -2.70. The van der Waals surface area contributed by atoms with Crippen molar-refractivity contribution in [2.24, 2.45) is 22.1 Å². The first kappa shape index (κ1) is 23.3. The zero-order valence-corrected chi connectivity index (χ0v) is 19.7. The molecule has 0 bridgehead atoms. The van der Waals surface area contributed by atoms with Crippen LogP contribution in [-0.2, 0) is 9.59 Å². The van der Waals surface area contributed by atoms with Crippen molar-refractivity contribution in [1.82, 2.24) is 30.4 Å². The minimum absolute atomic E-state index is 0.0985. The molecule has 13 heteroatoms. The van der Waals surface area contributed by atoms with Gasteiger partial charge in [0.15, 0.2) is 6.04 Å². The third-order valence-corrected chi connectivity index (χ3v) is 9.47. The summed E-state index contributed by atoms with van der Waals surface area (Å²) in [4.78, 5) is 33.5. The van der Waals surface area contributed by atoms with Crippen molar-refractivity contribution >= 4 is 41.7 Å². The van der Waals surface area contributed by atoms with E-state index in [2.05, 4.69) is 30.5 Å². The van der Waals surface area contributed by atoms with Gasteiger partial charge in [0.1, 0.15) is 10.8 Å². The minimum Gasteiger partial charge on any atom is -0.481 e. The smallest absolute Gasteiger partial charge is 0.313 e. The van der Waals surface area contributed by atoms with Gasteiger partial charge in [0.05, 0.1) is 6.34 Å². The Labute approximate surface area is 195 Å². The van der Waals surface area contributed by atoms with E-state index in [4.69, 9.17) is 5.73 Å². The van der Waals surface area contributed by atoms with Gasteiger partial charge in [0.2, 0.25) is 5.16 Å². The number of carbonyl (C=O) groups is 2. The van der Waals surface area contributed by atoms with Crippen LogP contribution in [0.4, 0.5) is 0 Å². The molecule has 1 aromatic rings. The fourth-order valence-electron chi connectivity index (χ4n) is 4.53. The van der Waals surface area contributed by atoms with Gasteiger partial charge < -0.3 is 20.6 Å². The minimum atomic E-state index is -1.08. The summed E-state index contributed by atoms with van der Waals surface area (Å²) in [7, 11) is 0. The Morgan fingerprint density at radius 3 is 2.94 bits per heavy atom. The molecule has 3 saturated heterocycles. The summed E-state index contributed by atoms with van der Waals surface area (Å²) in [6.45, 7) is 4.66. The number of aromatic nitrogens is 4. The van der Waals surface area contributed by atoms with E-state index in [0.717, 1.165) is 44.8 Å². The predicted octanol–water partition coefficient (Wildman–Crippen LogP) is 0.514. The largest absolute Gasteiger partial charge is 0.481 e. The molecule has 4 atom stereocenters. The molecular formula is C19H30N8O3S2. The number of H-pyrrole nitrogens is 1. The maximum atomic E-state index is 12.8. The number of aliphatic imine (C=N–C) groups is 1. The lowest BCUT2D eigenvalue weighted by Gasteiger charge is -2.53. The molecule has 3 unspecified atom stereocenters. The number of amides is 1. The Bertz CT molecular complexity index is 833. The van der Waals surface area contributed by atoms with E-state index in [9.17, 15) is 14.7 Å². The van der Waals surface area contributed by atoms with Gasteiger partial charge in [-0.2, -0.15) is 5.21 Å². The van der Waals surface area contributed by atoms with Crippen LogP contribution >= 0.6 is 23.5 Å². The van der Waals surface area contributed by atoms with Crippen molar-refractivity contribution < 1.29 is 14.7 Å². The summed E-state index contributed by atoms with van der Waals surface area (Å²) in [6, 6.07) is -0.429. The van der Waals surface area contributed by atoms with E-state index < -0.39 is 17.4 Å². The number of nitrogens with one attached hydrogen (secondary N) is 1. The topological polar surface area (TPSA) is 154 Å². The molecule has 3 aliphatic rings. The van der Waals surface area contributed by atoms with Gasteiger partial charge in [-0.1, -0.05) is 18.7 Å². The lowest BCUT2D eigenvalue weighted by molar-refractivity contribution is -0.156. The average molecular weight is 483 g/mol. The van der Waals surface area contributed by atoms with E-state index >= 15 is 0 Å². The summed E-state index contributed by atoms with van der Waals surface area (Å²) >= 11 is 2.76. The van der Waals surface area contributed by atoms with Crippen molar-refractivity contribution in [3.05, 3.63) is 0 Å². The number of thioether (sulfide) groups is 2. The van der Waals surface area contributed by atoms with E-state index in [-0.39, 0.29) is 23.1 Å². The molecule has 0 aromatic carbocycles. The molecule has 0 radical (unpaired) electrons. The number of hydrogen-bond acceptors (Lipinski definition) is 9. The highest BCUT2D eigenvalue weighted by Crippen LogP contribution is 2.48. The molecule has 3 aliphatic heterocycles. The second-order valence-corrected chi connectivity index (χ2v) is 11.1. The quantitative estimate of drug-likeness (QED) is 0.196. The monoisotopic (exact) mass is 482 g/mol. The first-order chi connectivity index (χ1) is 15.4. The molecule has 0 aliphatic carbocycles. The van der Waals surface area contributed by atoms with Gasteiger partial charge in [-0.3, -0.25) is 14.6 Å². The standard InChI is InChI=1S/C19H30N8O3S2/c1-12(32-18-22-24-25-23-18)19(17(29)30)9-27-15(28)14(16(27)31-10-19)21-11-26-7-4-13(5-8-26)3-2-6-20/h11-14,16H,2-10,20H2,1H3,(H,29,30)(H,22,23,24,25)/t12?,14?,16-,19?/m1/s1. The molecule has 4 N–H and O–H groups in total. The highest BCUT2D eigenvalue weighted by molar-refractivity contribution is 8.01. The van der Waals surface area contributed by atoms with Crippen LogP contribution in [0.15, 0.2) is 10.1 Å². The number of likely N-dealkylation sites (tertiary alicyclic amines) is 1. The molecule has 3 fully saturated rings. The van der Waals surface area contributed by atoms with Crippen LogP contribution in [0.3, 0.4) is 0 Å². The molecule has 4 rings (SSSR count). The van der Waals surface area contributed by atoms with Crippen LogP contribution in [0.1, 0.15) is 32.6 Å². The fraction of sp³-hybridized carbons (Fsp3) is 0.789. The Kier molecular flexibility index (Phi) is 7.25. The number of tetrazole rings is 1. The normalized spacial score (nSPS) is 29.8. The summed E-state index contributed by atoms with van der Waals surface area (Å²) in [5.74, 6) is 0.124. The summed E-state index contributed by atoms with van der Waals surface area (Å²) < 4.78 is 0. The molecule has 1 amide bonds. The number of hydrogen-bond donors (Lipinski definition) is 3. The number of piperidine rings is 1. The molecule has 176 valence electrons. The third kappa shape index (κ3) is 4.60. The molecule has 4 heterocycles. The highest BCUT2D eigenvalue weighted by atomic mass is 32.2. The van der Waals surface area contributed by atoms with Crippen LogP contribution in [0, 0.1) is 11.3 Å². The van der Waals surface area contributed by atoms with Crippen molar-refractivity contribution in [2.75, 3.05) is 31.9 Å². The van der Waals surface area contributed by atoms with Gasteiger partial charge in [-0.05, 0) is 43.4 Å². The van der Waals surface area contributed by atoms with Crippen molar-refractivity contribution in [2.45, 2.75) is 54.4 Å². The van der Waals surface area contributed by atoms with Crippen LogP contribution in [0.5, 0.6) is 0 Å². The average Bonchev–Trinajstić information content (AvgIpc) is 3.31. The van der Waals surface area contributed by atoms with E-state index in [0.29, 0.717) is 10.9 Å². The third-order valence-electron chi connectivity index (χ3n) is 6.75. The first-order valence-corrected chi connectivity index (χ1v) is 12.9. The van der Waals surface area contributed by atoms with E-state index in [1.807, 2.05) is 13.3 Å². The van der Waals surface area contributed by atoms with E-state index in [1.54, 1.807) is 4.90 Å². The molecule has 0 saturated carbocycles. The number of carboxylic acid groups (broad SMARTS) is 1. The highest BCUT2D eigenvalue weighted by Gasteiger charge is 2.59.